The van der Waals surface area contributed by atoms with Crippen LogP contribution < -0.4 is 5.73 Å². The van der Waals surface area contributed by atoms with Gasteiger partial charge >= 0.3 is 0 Å². The molecule has 17 heavy (non-hydrogen) atoms. The maximum absolute atomic E-state index is 10.7. The molecule has 0 spiro atoms. The Morgan fingerprint density at radius 3 is 2.41 bits per heavy atom. The Balaban J connectivity index is 3.32. The van der Waals surface area contributed by atoms with Crippen LogP contribution in [-0.2, 0) is 0 Å². The van der Waals surface area contributed by atoms with Crippen LogP contribution in [0.5, 0.6) is 0 Å². The van der Waals surface area contributed by atoms with Gasteiger partial charge in [0.25, 0.3) is 5.69 Å². The van der Waals surface area contributed by atoms with Gasteiger partial charge in [-0.15, -0.1) is 5.54 Å². The number of rotatable bonds is 1. The first-order valence-electron chi connectivity index (χ1n) is 5.28. The van der Waals surface area contributed by atoms with Crippen molar-refractivity contribution < 1.29 is 4.92 Å². The zero-order chi connectivity index (χ0) is 13.2. The van der Waals surface area contributed by atoms with Crippen molar-refractivity contribution in [3.63, 3.8) is 0 Å². The Hall–Kier alpha value is -1.80. The third kappa shape index (κ3) is 3.61. The summed E-state index contributed by atoms with van der Waals surface area (Å²) in [6, 6.07) is 2.91. The smallest absolute Gasteiger partial charge is 0.271 e. The van der Waals surface area contributed by atoms with Crippen molar-refractivity contribution in [2.45, 2.75) is 26.6 Å². The van der Waals surface area contributed by atoms with E-state index in [1.165, 1.54) is 12.1 Å². The molecular formula is C12H16N2O2Si. The lowest BCUT2D eigenvalue weighted by molar-refractivity contribution is -0.384. The van der Waals surface area contributed by atoms with Crippen LogP contribution in [0.25, 0.3) is 0 Å². The number of hydrogen-bond acceptors (Lipinski definition) is 3. The number of nitrogens with zero attached hydrogens (tertiary/aromatic N) is 1. The number of nitro groups is 1. The van der Waals surface area contributed by atoms with E-state index in [9.17, 15) is 10.1 Å². The number of nitro benzene ring substituents is 1. The van der Waals surface area contributed by atoms with Gasteiger partial charge in [0.05, 0.1) is 16.2 Å². The van der Waals surface area contributed by atoms with Crippen LogP contribution in [0.1, 0.15) is 11.1 Å². The number of nitrogens with two attached hydrogens (primary N) is 1. The first-order valence-corrected chi connectivity index (χ1v) is 8.78. The van der Waals surface area contributed by atoms with E-state index in [0.29, 0.717) is 16.8 Å². The molecule has 90 valence electrons. The zero-order valence-electron chi connectivity index (χ0n) is 10.5. The standard InChI is InChI=1S/C12H16N2O2Si/c1-9-7-11(14(15)16)8-10(12(9)13)5-6-17(2,3)4/h7-8H,13H2,1-4H3. The maximum atomic E-state index is 10.7. The van der Waals surface area contributed by atoms with E-state index in [2.05, 4.69) is 31.1 Å². The quantitative estimate of drug-likeness (QED) is 0.273. The van der Waals surface area contributed by atoms with E-state index in [1.807, 2.05) is 0 Å². The number of hydrogen-bond donors (Lipinski definition) is 1. The highest BCUT2D eigenvalue weighted by atomic mass is 28.3. The number of benzene rings is 1. The lowest BCUT2D eigenvalue weighted by Crippen LogP contribution is -2.16. The largest absolute Gasteiger partial charge is 0.397 e. The second kappa shape index (κ2) is 4.59. The average Bonchev–Trinajstić information content (AvgIpc) is 2.18. The summed E-state index contributed by atoms with van der Waals surface area (Å²) < 4.78 is 0. The van der Waals surface area contributed by atoms with Gasteiger partial charge in [-0.1, -0.05) is 25.6 Å². The van der Waals surface area contributed by atoms with Crippen LogP contribution in [-0.4, -0.2) is 13.0 Å². The molecule has 0 radical (unpaired) electrons. The molecule has 5 heteroatoms. The van der Waals surface area contributed by atoms with Crippen LogP contribution in [0.15, 0.2) is 12.1 Å². The third-order valence-electron chi connectivity index (χ3n) is 2.15. The van der Waals surface area contributed by atoms with Crippen LogP contribution in [0.4, 0.5) is 11.4 Å². The summed E-state index contributed by atoms with van der Waals surface area (Å²) >= 11 is 0. The van der Waals surface area contributed by atoms with Crippen LogP contribution in [0.3, 0.4) is 0 Å². The first-order chi connectivity index (χ1) is 7.70. The molecule has 1 aromatic rings. The van der Waals surface area contributed by atoms with E-state index >= 15 is 0 Å². The normalized spacial score (nSPS) is 10.6. The molecule has 0 aliphatic carbocycles. The molecule has 0 bridgehead atoms. The van der Waals surface area contributed by atoms with Gasteiger partial charge in [-0.25, -0.2) is 0 Å². The van der Waals surface area contributed by atoms with Crippen LogP contribution in [0, 0.1) is 28.5 Å². The Morgan fingerprint density at radius 2 is 1.94 bits per heavy atom. The van der Waals surface area contributed by atoms with Gasteiger partial charge in [-0.3, -0.25) is 10.1 Å². The van der Waals surface area contributed by atoms with Gasteiger partial charge in [0.15, 0.2) is 0 Å². The van der Waals surface area contributed by atoms with Crippen molar-refractivity contribution in [2.24, 2.45) is 0 Å². The van der Waals surface area contributed by atoms with E-state index < -0.39 is 13.0 Å². The highest BCUT2D eigenvalue weighted by molar-refractivity contribution is 6.83. The fourth-order valence-electron chi connectivity index (χ4n) is 1.24. The Kier molecular flexibility index (Phi) is 3.58. The monoisotopic (exact) mass is 248 g/mol. The summed E-state index contributed by atoms with van der Waals surface area (Å²) in [6.45, 7) is 8.09. The van der Waals surface area contributed by atoms with Gasteiger partial charge in [0, 0.05) is 12.1 Å². The summed E-state index contributed by atoms with van der Waals surface area (Å²) in [6.07, 6.45) is 0. The lowest BCUT2D eigenvalue weighted by atomic mass is 10.1. The maximum Gasteiger partial charge on any atom is 0.271 e. The van der Waals surface area contributed by atoms with Crippen molar-refractivity contribution in [3.8, 4) is 11.5 Å². The molecular weight excluding hydrogens is 232 g/mol. The van der Waals surface area contributed by atoms with Crippen molar-refractivity contribution in [1.82, 2.24) is 0 Å². The molecule has 0 amide bonds. The Morgan fingerprint density at radius 1 is 1.35 bits per heavy atom. The molecule has 1 rings (SSSR count). The van der Waals surface area contributed by atoms with Gasteiger partial charge in [0.2, 0.25) is 0 Å². The second-order valence-electron chi connectivity index (χ2n) is 4.98. The highest BCUT2D eigenvalue weighted by Gasteiger charge is 2.12. The topological polar surface area (TPSA) is 69.2 Å². The Bertz CT molecular complexity index is 522. The number of non-ortho nitro benzene ring substituents is 1. The zero-order valence-corrected chi connectivity index (χ0v) is 11.5. The highest BCUT2D eigenvalue weighted by Crippen LogP contribution is 2.23. The van der Waals surface area contributed by atoms with Crippen LogP contribution in [0.2, 0.25) is 19.6 Å². The molecule has 2 N–H and O–H groups in total. The molecule has 0 aliphatic rings. The average molecular weight is 248 g/mol. The van der Waals surface area contributed by atoms with E-state index in [1.54, 1.807) is 6.92 Å². The fourth-order valence-corrected chi connectivity index (χ4v) is 1.75. The minimum atomic E-state index is -1.51. The molecule has 0 unspecified atom stereocenters. The molecule has 0 aromatic heterocycles. The summed E-state index contributed by atoms with van der Waals surface area (Å²) in [4.78, 5) is 10.3. The van der Waals surface area contributed by atoms with Gasteiger partial charge in [-0.05, 0) is 12.5 Å². The summed E-state index contributed by atoms with van der Waals surface area (Å²) in [5, 5.41) is 10.7. The van der Waals surface area contributed by atoms with Gasteiger partial charge < -0.3 is 5.73 Å². The fraction of sp³-hybridized carbons (Fsp3) is 0.333. The Labute approximate surface area is 102 Å². The van der Waals surface area contributed by atoms with Gasteiger partial charge in [0.1, 0.15) is 8.07 Å². The lowest BCUT2D eigenvalue weighted by Gasteiger charge is -2.06. The van der Waals surface area contributed by atoms with Crippen molar-refractivity contribution in [1.29, 1.82) is 0 Å². The first kappa shape index (κ1) is 13.3. The molecule has 4 nitrogen and oxygen atoms in total. The van der Waals surface area contributed by atoms with Crippen molar-refractivity contribution in [3.05, 3.63) is 33.4 Å². The SMILES string of the molecule is Cc1cc([N+](=O)[O-])cc(C#C[Si](C)(C)C)c1N. The van der Waals surface area contributed by atoms with E-state index in [-0.39, 0.29) is 5.69 Å². The predicted molar refractivity (Wildman–Crippen MR) is 72.5 cm³/mol. The van der Waals surface area contributed by atoms with Crippen LogP contribution >= 0.6 is 0 Å². The summed E-state index contributed by atoms with van der Waals surface area (Å²) in [5.74, 6) is 2.97. The molecule has 0 saturated carbocycles. The number of aryl methyl sites for hydroxylation is 1. The van der Waals surface area contributed by atoms with E-state index in [4.69, 9.17) is 5.73 Å². The molecule has 0 heterocycles. The molecule has 1 aromatic carbocycles. The second-order valence-corrected chi connectivity index (χ2v) is 9.73. The summed E-state index contributed by atoms with van der Waals surface area (Å²) in [5.41, 5.74) is 10.8. The number of anilines is 1. The van der Waals surface area contributed by atoms with Crippen molar-refractivity contribution >= 4 is 19.4 Å². The summed E-state index contributed by atoms with van der Waals surface area (Å²) in [7, 11) is -1.51. The molecule has 0 saturated heterocycles. The molecule has 0 aliphatic heterocycles. The van der Waals surface area contributed by atoms with Crippen molar-refractivity contribution in [2.75, 3.05) is 5.73 Å². The minimum Gasteiger partial charge on any atom is -0.397 e. The molecule has 0 fully saturated rings. The third-order valence-corrected chi connectivity index (χ3v) is 3.03. The number of nitrogen functional groups attached to an aromatic ring is 1. The van der Waals surface area contributed by atoms with Gasteiger partial charge in [-0.2, -0.15) is 0 Å². The molecule has 0 atom stereocenters. The predicted octanol–water partition coefficient (Wildman–Crippen LogP) is 2.71. The van der Waals surface area contributed by atoms with E-state index in [0.717, 1.165) is 0 Å². The minimum absolute atomic E-state index is 0.0385.